The summed E-state index contributed by atoms with van der Waals surface area (Å²) >= 11 is 1.44. The van der Waals surface area contributed by atoms with Crippen LogP contribution < -0.4 is 15.0 Å². The molecule has 28 heavy (non-hydrogen) atoms. The molecule has 1 atom stereocenters. The molecule has 2 aromatic rings. The van der Waals surface area contributed by atoms with Gasteiger partial charge in [0.25, 0.3) is 0 Å². The van der Waals surface area contributed by atoms with Crippen molar-refractivity contribution >= 4 is 22.6 Å². The number of carbonyl (C=O) groups is 1. The summed E-state index contributed by atoms with van der Waals surface area (Å²) in [7, 11) is 1.67. The molecule has 3 rings (SSSR count). The number of nitrogens with one attached hydrogen (secondary N) is 1. The van der Waals surface area contributed by atoms with Crippen molar-refractivity contribution < 1.29 is 9.53 Å². The first kappa shape index (κ1) is 20.6. The lowest BCUT2D eigenvalue weighted by Gasteiger charge is -2.31. The first-order chi connectivity index (χ1) is 13.5. The molecule has 2 heterocycles. The van der Waals surface area contributed by atoms with Gasteiger partial charge in [-0.05, 0) is 43.4 Å². The molecule has 7 heteroatoms. The lowest BCUT2D eigenvalue weighted by atomic mass is 9.95. The smallest absolute Gasteiger partial charge is 0.223 e. The largest absolute Gasteiger partial charge is 0.497 e. The fourth-order valence-electron chi connectivity index (χ4n) is 3.25. The third-order valence-electron chi connectivity index (χ3n) is 5.46. The molecule has 1 aromatic carbocycles. The maximum absolute atomic E-state index is 12.5. The summed E-state index contributed by atoms with van der Waals surface area (Å²) in [5.74, 6) is 2.42. The van der Waals surface area contributed by atoms with E-state index in [-0.39, 0.29) is 17.9 Å². The number of amides is 1. The molecule has 1 aromatic heterocycles. The maximum Gasteiger partial charge on any atom is 0.223 e. The predicted octanol–water partition coefficient (Wildman–Crippen LogP) is 3.51. The number of methoxy groups -OCH3 is 1. The number of hydrogen-bond acceptors (Lipinski definition) is 6. The van der Waals surface area contributed by atoms with Crippen LogP contribution in [0, 0.1) is 11.8 Å². The molecule has 1 aliphatic rings. The minimum absolute atomic E-state index is 0.0987. The van der Waals surface area contributed by atoms with E-state index in [9.17, 15) is 4.79 Å². The molecular formula is C21H30N4O2S. The first-order valence-corrected chi connectivity index (χ1v) is 10.7. The molecule has 0 spiro atoms. The zero-order valence-electron chi connectivity index (χ0n) is 17.1. The van der Waals surface area contributed by atoms with E-state index in [0.29, 0.717) is 12.3 Å². The normalized spacial score (nSPS) is 16.2. The van der Waals surface area contributed by atoms with Crippen LogP contribution >= 0.6 is 11.5 Å². The van der Waals surface area contributed by atoms with E-state index < -0.39 is 0 Å². The molecular weight excluding hydrogens is 372 g/mol. The van der Waals surface area contributed by atoms with Gasteiger partial charge in [0, 0.05) is 43.0 Å². The van der Waals surface area contributed by atoms with Gasteiger partial charge in [-0.2, -0.15) is 4.37 Å². The highest BCUT2D eigenvalue weighted by molar-refractivity contribution is 7.09. The van der Waals surface area contributed by atoms with E-state index >= 15 is 0 Å². The third kappa shape index (κ3) is 5.22. The number of anilines is 1. The minimum atomic E-state index is 0.0987. The molecule has 0 aliphatic carbocycles. The fourth-order valence-corrected chi connectivity index (χ4v) is 3.99. The summed E-state index contributed by atoms with van der Waals surface area (Å²) in [5.41, 5.74) is 1.14. The SMILES string of the molecule is COc1cccc(Cc2nsc(N3CCC(C(=O)N[C@H](C)C(C)C)CC3)n2)c1. The molecule has 1 N–H and O–H groups in total. The first-order valence-electron chi connectivity index (χ1n) is 9.97. The Labute approximate surface area is 171 Å². The zero-order valence-corrected chi connectivity index (χ0v) is 18.0. The Balaban J connectivity index is 1.53. The van der Waals surface area contributed by atoms with Gasteiger partial charge >= 0.3 is 0 Å². The number of carbonyl (C=O) groups excluding carboxylic acids is 1. The molecule has 0 saturated carbocycles. The molecule has 6 nitrogen and oxygen atoms in total. The molecule has 1 amide bonds. The average Bonchev–Trinajstić information content (AvgIpc) is 3.16. The lowest BCUT2D eigenvalue weighted by molar-refractivity contribution is -0.126. The van der Waals surface area contributed by atoms with Crippen molar-refractivity contribution in [1.29, 1.82) is 0 Å². The Kier molecular flexibility index (Phi) is 6.88. The van der Waals surface area contributed by atoms with Crippen molar-refractivity contribution in [2.75, 3.05) is 25.1 Å². The monoisotopic (exact) mass is 402 g/mol. The Morgan fingerprint density at radius 1 is 1.32 bits per heavy atom. The summed E-state index contributed by atoms with van der Waals surface area (Å²) in [4.78, 5) is 19.4. The van der Waals surface area contributed by atoms with Gasteiger partial charge in [0.15, 0.2) is 0 Å². The third-order valence-corrected chi connectivity index (χ3v) is 6.27. The van der Waals surface area contributed by atoms with Crippen LogP contribution in [0.1, 0.15) is 45.0 Å². The molecule has 0 unspecified atom stereocenters. The zero-order chi connectivity index (χ0) is 20.1. The van der Waals surface area contributed by atoms with E-state index in [0.717, 1.165) is 48.2 Å². The Hall–Kier alpha value is -2.15. The van der Waals surface area contributed by atoms with Crippen LogP contribution in [0.15, 0.2) is 24.3 Å². The second kappa shape index (κ2) is 9.37. The van der Waals surface area contributed by atoms with Crippen LogP contribution in [-0.2, 0) is 11.2 Å². The number of hydrogen-bond donors (Lipinski definition) is 1. The highest BCUT2D eigenvalue weighted by atomic mass is 32.1. The number of nitrogens with zero attached hydrogens (tertiary/aromatic N) is 3. The van der Waals surface area contributed by atoms with Crippen molar-refractivity contribution in [2.45, 2.75) is 46.1 Å². The van der Waals surface area contributed by atoms with Gasteiger partial charge in [0.2, 0.25) is 11.0 Å². The Bertz CT molecular complexity index is 784. The number of aromatic nitrogens is 2. The minimum Gasteiger partial charge on any atom is -0.497 e. The summed E-state index contributed by atoms with van der Waals surface area (Å²) in [5, 5.41) is 4.10. The van der Waals surface area contributed by atoms with Gasteiger partial charge in [-0.1, -0.05) is 26.0 Å². The summed E-state index contributed by atoms with van der Waals surface area (Å²) in [6.45, 7) is 8.03. The maximum atomic E-state index is 12.5. The molecule has 0 bridgehead atoms. The topological polar surface area (TPSA) is 67.3 Å². The summed E-state index contributed by atoms with van der Waals surface area (Å²) in [6, 6.07) is 8.21. The summed E-state index contributed by atoms with van der Waals surface area (Å²) < 4.78 is 9.80. The quantitative estimate of drug-likeness (QED) is 0.768. The molecule has 0 radical (unpaired) electrons. The number of benzene rings is 1. The lowest BCUT2D eigenvalue weighted by Crippen LogP contribution is -2.44. The summed E-state index contributed by atoms with van der Waals surface area (Å²) in [6.07, 6.45) is 2.42. The van der Waals surface area contributed by atoms with Crippen molar-refractivity contribution in [3.05, 3.63) is 35.7 Å². The number of piperidine rings is 1. The second-order valence-corrected chi connectivity index (χ2v) is 8.55. The average molecular weight is 403 g/mol. The predicted molar refractivity (Wildman–Crippen MR) is 113 cm³/mol. The van der Waals surface area contributed by atoms with E-state index in [2.05, 4.69) is 41.4 Å². The molecule has 1 aliphatic heterocycles. The highest BCUT2D eigenvalue weighted by Crippen LogP contribution is 2.26. The van der Waals surface area contributed by atoms with Crippen molar-refractivity contribution in [3.63, 3.8) is 0 Å². The van der Waals surface area contributed by atoms with E-state index in [1.54, 1.807) is 7.11 Å². The molecule has 152 valence electrons. The number of ether oxygens (including phenoxy) is 1. The molecule has 1 saturated heterocycles. The highest BCUT2D eigenvalue weighted by Gasteiger charge is 2.27. The van der Waals surface area contributed by atoms with Crippen LogP contribution in [0.4, 0.5) is 5.13 Å². The van der Waals surface area contributed by atoms with Crippen LogP contribution in [-0.4, -0.2) is 41.5 Å². The fraction of sp³-hybridized carbons (Fsp3) is 0.571. The van der Waals surface area contributed by atoms with Gasteiger partial charge in [0.05, 0.1) is 7.11 Å². The molecule has 1 fully saturated rings. The van der Waals surface area contributed by atoms with Gasteiger partial charge in [-0.25, -0.2) is 4.98 Å². The number of rotatable bonds is 7. The van der Waals surface area contributed by atoms with Gasteiger partial charge in [0.1, 0.15) is 11.6 Å². The standard InChI is InChI=1S/C21H30N4O2S/c1-14(2)15(3)22-20(26)17-8-10-25(11-9-17)21-23-19(24-28-21)13-16-6-5-7-18(12-16)27-4/h5-7,12,14-15,17H,8-11,13H2,1-4H3,(H,22,26)/t15-/m1/s1. The van der Waals surface area contributed by atoms with E-state index in [1.165, 1.54) is 11.5 Å². The van der Waals surface area contributed by atoms with Crippen molar-refractivity contribution in [3.8, 4) is 5.75 Å². The van der Waals surface area contributed by atoms with Crippen LogP contribution in [0.25, 0.3) is 0 Å². The van der Waals surface area contributed by atoms with Crippen molar-refractivity contribution in [1.82, 2.24) is 14.7 Å². The van der Waals surface area contributed by atoms with Crippen molar-refractivity contribution in [2.24, 2.45) is 11.8 Å². The van der Waals surface area contributed by atoms with Crippen LogP contribution in [0.3, 0.4) is 0 Å². The van der Waals surface area contributed by atoms with E-state index in [1.807, 2.05) is 18.2 Å². The van der Waals surface area contributed by atoms with Crippen LogP contribution in [0.2, 0.25) is 0 Å². The Morgan fingerprint density at radius 3 is 2.75 bits per heavy atom. The van der Waals surface area contributed by atoms with Gasteiger partial charge in [-0.3, -0.25) is 4.79 Å². The Morgan fingerprint density at radius 2 is 2.07 bits per heavy atom. The van der Waals surface area contributed by atoms with E-state index in [4.69, 9.17) is 9.72 Å². The van der Waals surface area contributed by atoms with Gasteiger partial charge < -0.3 is 15.0 Å². The second-order valence-electron chi connectivity index (χ2n) is 7.82. The van der Waals surface area contributed by atoms with Crippen LogP contribution in [0.5, 0.6) is 5.75 Å². The van der Waals surface area contributed by atoms with Gasteiger partial charge in [-0.15, -0.1) is 0 Å².